The van der Waals surface area contributed by atoms with E-state index in [1.165, 1.54) is 8.87 Å². The summed E-state index contributed by atoms with van der Waals surface area (Å²) in [6.07, 6.45) is 0.294. The largest absolute Gasteiger partial charge is 0.337 e. The fraction of sp³-hybridized carbons (Fsp3) is 0.176. The number of hydrogen-bond acceptors (Lipinski definition) is 0. The van der Waals surface area contributed by atoms with Crippen LogP contribution in [0.2, 0.25) is 8.87 Å². The molecule has 39 heavy (non-hydrogen) atoms. The van der Waals surface area contributed by atoms with Gasteiger partial charge < -0.3 is 0 Å². The van der Waals surface area contributed by atoms with Crippen LogP contribution >= 0.6 is 0 Å². The maximum absolute atomic E-state index is 9.89. The number of hydrogen-bond donors (Lipinski definition) is 0. The van der Waals surface area contributed by atoms with Gasteiger partial charge in [-0.05, 0) is 48.5 Å². The molecule has 2 radical (unpaired) electrons. The molecule has 0 atom stereocenters. The van der Waals surface area contributed by atoms with Gasteiger partial charge in [-0.1, -0.05) is 72.8 Å². The van der Waals surface area contributed by atoms with E-state index in [0.717, 1.165) is 22.3 Å². The van der Waals surface area contributed by atoms with Gasteiger partial charge >= 0.3 is 67.0 Å². The van der Waals surface area contributed by atoms with Crippen LogP contribution in [0.5, 0.6) is 0 Å². The minimum atomic E-state index is 0.147. The van der Waals surface area contributed by atoms with E-state index in [-0.39, 0.29) is 57.1 Å². The predicted octanol–water partition coefficient (Wildman–Crippen LogP) is 6.69. The minimum Gasteiger partial charge on any atom is -0.277 e. The van der Waals surface area contributed by atoms with Crippen molar-refractivity contribution in [1.29, 1.82) is 0 Å². The maximum atomic E-state index is 9.89. The summed E-state index contributed by atoms with van der Waals surface area (Å²) in [4.78, 5) is 39.6. The molecule has 0 unspecified atom stereocenters. The molecule has 4 N–H and O–H groups in total. The zero-order chi connectivity index (χ0) is 28.3. The second-order valence-corrected chi connectivity index (χ2v) is 14.0. The van der Waals surface area contributed by atoms with Crippen LogP contribution in [0.25, 0.3) is 0 Å². The van der Waals surface area contributed by atoms with Crippen LogP contribution in [0.1, 0.15) is 48.9 Å². The molecule has 4 aromatic carbocycles. The van der Waals surface area contributed by atoms with Crippen LogP contribution in [-0.4, -0.2) is 63.5 Å². The normalized spacial score (nSPS) is 9.69. The summed E-state index contributed by atoms with van der Waals surface area (Å²) in [6.45, 7) is 4.57. The first-order valence-electron chi connectivity index (χ1n) is 13.1. The third kappa shape index (κ3) is 12.2. The van der Waals surface area contributed by atoms with Gasteiger partial charge in [-0.25, -0.2) is 0 Å². The van der Waals surface area contributed by atoms with Gasteiger partial charge in [0.1, 0.15) is 0 Å². The molecule has 0 spiro atoms. The van der Waals surface area contributed by atoms with Gasteiger partial charge in [0.2, 0.25) is 0 Å². The minimum absolute atomic E-state index is 0.147. The number of benzene rings is 4. The second kappa shape index (κ2) is 18.6. The van der Waals surface area contributed by atoms with Crippen LogP contribution in [-0.2, 0) is 0 Å². The Morgan fingerprint density at radius 3 is 0.769 bits per heavy atom. The molecule has 0 amide bonds. The van der Waals surface area contributed by atoms with E-state index < -0.39 is 0 Å². The zero-order valence-electron chi connectivity index (χ0n) is 22.7. The monoisotopic (exact) mass is 630 g/mol. The van der Waals surface area contributed by atoms with Gasteiger partial charge in [-0.3, -0.25) is 19.2 Å². The van der Waals surface area contributed by atoms with Crippen molar-refractivity contribution in [2.45, 2.75) is 35.6 Å². The van der Waals surface area contributed by atoms with Crippen molar-refractivity contribution in [3.63, 3.8) is 0 Å². The van der Waals surface area contributed by atoms with Gasteiger partial charge in [0.25, 0.3) is 0 Å². The first kappa shape index (κ1) is 31.6. The first-order chi connectivity index (χ1) is 19.0. The van der Waals surface area contributed by atoms with E-state index in [2.05, 4.69) is 13.8 Å². The Hall–Kier alpha value is -3.64. The molecule has 4 nitrogen and oxygen atoms in total. The molecule has 5 heteroatoms. The molecule has 0 fully saturated rings. The summed E-state index contributed by atoms with van der Waals surface area (Å²) in [5.41, 5.74) is 2.93. The summed E-state index contributed by atoms with van der Waals surface area (Å²) >= 11 is 0.218. The van der Waals surface area contributed by atoms with Gasteiger partial charge in [0.15, 0.2) is 12.8 Å². The molecule has 0 aliphatic heterocycles. The first-order valence-corrected chi connectivity index (χ1v) is 17.1. The Kier molecular flexibility index (Phi) is 15.0. The average Bonchev–Trinajstić information content (AvgIpc) is 3.00. The van der Waals surface area contributed by atoms with Gasteiger partial charge in [-0.2, -0.15) is 0 Å². The summed E-state index contributed by atoms with van der Waals surface area (Å²) in [7, 11) is 0. The zero-order valence-corrected chi connectivity index (χ0v) is 25.5. The fourth-order valence-corrected chi connectivity index (χ4v) is 4.92. The van der Waals surface area contributed by atoms with E-state index in [9.17, 15) is 19.2 Å². The molecule has 0 saturated heterocycles. The van der Waals surface area contributed by atoms with Crippen molar-refractivity contribution in [3.05, 3.63) is 144 Å². The third-order valence-corrected chi connectivity index (χ3v) is 8.45. The van der Waals surface area contributed by atoms with Crippen molar-refractivity contribution in [3.8, 4) is 0 Å². The molecule has 0 aliphatic carbocycles. The molecule has 0 heterocycles. The second-order valence-electron chi connectivity index (χ2n) is 8.56. The maximum Gasteiger partial charge on any atom is 0.337 e. The standard InChI is InChI=1S/2C15H12O2.2C2H5.Sn/c2*16-14(12-7-3-1-4-8-12)11-15(17)13-9-5-2-6-10-13;2*1-2;/h2*1-10H,11H2;2*1H2,2H3;/p+4. The van der Waals surface area contributed by atoms with E-state index in [1.54, 1.807) is 0 Å². The summed E-state index contributed by atoms with van der Waals surface area (Å²) < 4.78 is 3.03. The van der Waals surface area contributed by atoms with E-state index >= 15 is 0 Å². The number of ketones is 4. The summed E-state index contributed by atoms with van der Waals surface area (Å²) in [5.74, 6) is 0.692. The third-order valence-electron chi connectivity index (χ3n) is 5.60. The summed E-state index contributed by atoms with van der Waals surface area (Å²) in [5, 5.41) is 0. The molecule has 0 saturated carbocycles. The Bertz CT molecular complexity index is 1090. The van der Waals surface area contributed by atoms with Crippen LogP contribution in [0.4, 0.5) is 0 Å². The average molecular weight is 629 g/mol. The Balaban J connectivity index is 0.000000234. The SMILES string of the molecule is C[CH2][Sn][CH2]C.[OH+]=C(CC(=[OH+])c1ccccc1)c1ccccc1.[OH+]=C(CC(=[OH+])c1ccccc1)c1ccccc1. The molecule has 4 aromatic rings. The van der Waals surface area contributed by atoms with Crippen molar-refractivity contribution in [2.24, 2.45) is 0 Å². The Morgan fingerprint density at radius 2 is 0.615 bits per heavy atom. The molecule has 4 rings (SSSR count). The molecular formula is C34H38O4Sn+4. The quantitative estimate of drug-likeness (QED) is 0.0811. The van der Waals surface area contributed by atoms with Crippen LogP contribution in [0.3, 0.4) is 0 Å². The predicted molar refractivity (Wildman–Crippen MR) is 166 cm³/mol. The van der Waals surface area contributed by atoms with Crippen LogP contribution in [0.15, 0.2) is 121 Å². The topological polar surface area (TPSA) is 85.6 Å². The molecular weight excluding hydrogens is 591 g/mol. The number of carbonyl (C=O) groups excluding carboxylic acids is 4. The molecule has 0 bridgehead atoms. The Morgan fingerprint density at radius 1 is 0.410 bits per heavy atom. The van der Waals surface area contributed by atoms with Gasteiger partial charge in [0, 0.05) is 0 Å². The van der Waals surface area contributed by atoms with E-state index in [4.69, 9.17) is 0 Å². The molecule has 0 aromatic heterocycles. The molecule has 0 aliphatic rings. The van der Waals surface area contributed by atoms with Crippen LogP contribution in [0, 0.1) is 0 Å². The van der Waals surface area contributed by atoms with Crippen LogP contribution < -0.4 is 0 Å². The summed E-state index contributed by atoms with van der Waals surface area (Å²) in [6, 6.07) is 36.9. The van der Waals surface area contributed by atoms with Crippen molar-refractivity contribution >= 4 is 44.3 Å². The van der Waals surface area contributed by atoms with Crippen molar-refractivity contribution in [2.75, 3.05) is 0 Å². The van der Waals surface area contributed by atoms with Gasteiger partial charge in [-0.15, -0.1) is 0 Å². The van der Waals surface area contributed by atoms with Crippen molar-refractivity contribution < 1.29 is 19.2 Å². The van der Waals surface area contributed by atoms with Gasteiger partial charge in [0.05, 0.1) is 22.3 Å². The van der Waals surface area contributed by atoms with Crippen molar-refractivity contribution in [1.82, 2.24) is 0 Å². The van der Waals surface area contributed by atoms with E-state index in [0.29, 0.717) is 0 Å². The molecule has 198 valence electrons. The fourth-order valence-electron chi connectivity index (χ4n) is 3.50. The van der Waals surface area contributed by atoms with E-state index in [1.807, 2.05) is 121 Å². The smallest absolute Gasteiger partial charge is 0.277 e. The Labute approximate surface area is 241 Å². The number of rotatable bonds is 10.